The van der Waals surface area contributed by atoms with Crippen molar-refractivity contribution >= 4 is 40.2 Å². The van der Waals surface area contributed by atoms with Gasteiger partial charge in [0.15, 0.2) is 0 Å². The molecule has 216 valence electrons. The number of amides is 3. The van der Waals surface area contributed by atoms with E-state index in [1.54, 1.807) is 20.8 Å². The summed E-state index contributed by atoms with van der Waals surface area (Å²) in [6, 6.07) is 2.04. The summed E-state index contributed by atoms with van der Waals surface area (Å²) in [7, 11) is 0. The normalized spacial score (nSPS) is 18.8. The molecule has 1 saturated heterocycles. The van der Waals surface area contributed by atoms with Gasteiger partial charge in [-0.1, -0.05) is 59.6 Å². The Hall–Kier alpha value is -3.77. The van der Waals surface area contributed by atoms with Crippen molar-refractivity contribution in [2.75, 3.05) is 13.1 Å². The van der Waals surface area contributed by atoms with Crippen molar-refractivity contribution in [2.24, 2.45) is 17.3 Å². The number of alkyl halides is 3. The monoisotopic (exact) mass is 580 g/mol. The first-order chi connectivity index (χ1) is 18.5. The number of rotatable bonds is 5. The van der Waals surface area contributed by atoms with Crippen LogP contribution in [0, 0.1) is 41.0 Å². The highest BCUT2D eigenvalue weighted by molar-refractivity contribution is 6.35. The van der Waals surface area contributed by atoms with E-state index in [9.17, 15) is 32.8 Å². The molecule has 9 nitrogen and oxygen atoms in total. The van der Waals surface area contributed by atoms with Crippen LogP contribution in [0.3, 0.4) is 0 Å². The van der Waals surface area contributed by atoms with Gasteiger partial charge in [0, 0.05) is 42.1 Å². The van der Waals surface area contributed by atoms with Crippen LogP contribution in [0.1, 0.15) is 53.1 Å². The summed E-state index contributed by atoms with van der Waals surface area (Å²) in [6.45, 7) is 10.9. The predicted molar refractivity (Wildman–Crippen MR) is 143 cm³/mol. The standard InChI is InChI=1S/C23H22ClF3N6O3.C4H10/c1-5-32-10-15(24)13-7-29-8-14(19(13)32)16(6-28)31-20(35)18-12(2)22(3,4)11-33(18)17(34)9-30-21(36)23(25,26)27;1-4(2)3/h1,7-8,10,12,16,18H,9,11H2,2-4H3,(H,30,36)(H,31,35);4H,1-3H3/t12-,16?,18-;/m0./s1. The summed E-state index contributed by atoms with van der Waals surface area (Å²) in [5.74, 6) is -3.42. The molecule has 2 aromatic heterocycles. The molecule has 0 saturated carbocycles. The summed E-state index contributed by atoms with van der Waals surface area (Å²) in [5.41, 5.74) is 0.0848. The lowest BCUT2D eigenvalue weighted by Crippen LogP contribution is -2.52. The number of nitrogens with one attached hydrogen (secondary N) is 2. The van der Waals surface area contributed by atoms with Crippen LogP contribution in [-0.2, 0) is 14.4 Å². The molecule has 2 N–H and O–H groups in total. The van der Waals surface area contributed by atoms with Gasteiger partial charge in [-0.25, -0.2) is 0 Å². The fourth-order valence-corrected chi connectivity index (χ4v) is 4.47. The molecule has 1 unspecified atom stereocenters. The molecule has 3 rings (SSSR count). The Kier molecular flexibility index (Phi) is 10.2. The van der Waals surface area contributed by atoms with E-state index in [1.165, 1.54) is 28.5 Å². The maximum atomic E-state index is 13.4. The topological polar surface area (TPSA) is 120 Å². The molecule has 0 bridgehead atoms. The predicted octanol–water partition coefficient (Wildman–Crippen LogP) is 4.02. The molecule has 3 amide bonds. The van der Waals surface area contributed by atoms with Crippen LogP contribution in [0.15, 0.2) is 18.6 Å². The van der Waals surface area contributed by atoms with Crippen molar-refractivity contribution in [1.29, 1.82) is 5.26 Å². The van der Waals surface area contributed by atoms with Gasteiger partial charge < -0.3 is 15.5 Å². The largest absolute Gasteiger partial charge is 0.471 e. The third kappa shape index (κ3) is 7.24. The minimum atomic E-state index is -5.15. The number of carbonyl (C=O) groups is 3. The van der Waals surface area contributed by atoms with Gasteiger partial charge in [-0.05, 0) is 17.3 Å². The molecule has 0 aromatic carbocycles. The van der Waals surface area contributed by atoms with Crippen molar-refractivity contribution in [2.45, 2.75) is 59.8 Å². The average molecular weight is 581 g/mol. The molecule has 13 heteroatoms. The zero-order chi connectivity index (χ0) is 30.6. The number of likely N-dealkylation sites (tertiary alicyclic amines) is 1. The van der Waals surface area contributed by atoms with E-state index in [0.717, 1.165) is 10.8 Å². The summed E-state index contributed by atoms with van der Waals surface area (Å²) in [4.78, 5) is 42.5. The van der Waals surface area contributed by atoms with Gasteiger partial charge in [-0.3, -0.25) is 23.9 Å². The number of nitrogens with zero attached hydrogens (tertiary/aromatic N) is 4. The van der Waals surface area contributed by atoms with Crippen LogP contribution in [0.25, 0.3) is 10.9 Å². The Morgan fingerprint density at radius 1 is 1.27 bits per heavy atom. The lowest BCUT2D eigenvalue weighted by Gasteiger charge is -2.28. The average Bonchev–Trinajstić information content (AvgIpc) is 3.32. The number of pyridine rings is 1. The molecule has 0 aliphatic carbocycles. The number of terminal acetylenes is 1. The Labute approximate surface area is 236 Å². The molecule has 3 heterocycles. The third-order valence-electron chi connectivity index (χ3n) is 6.42. The number of halogens is 4. The molecule has 2 aromatic rings. The number of aromatic nitrogens is 2. The maximum Gasteiger partial charge on any atom is 0.471 e. The summed E-state index contributed by atoms with van der Waals surface area (Å²) in [6.07, 6.45) is 4.67. The van der Waals surface area contributed by atoms with Crippen LogP contribution in [0.5, 0.6) is 0 Å². The molecule has 40 heavy (non-hydrogen) atoms. The zero-order valence-electron chi connectivity index (χ0n) is 23.1. The molecule has 1 fully saturated rings. The van der Waals surface area contributed by atoms with E-state index < -0.39 is 53.9 Å². The summed E-state index contributed by atoms with van der Waals surface area (Å²) in [5, 5.41) is 14.7. The van der Waals surface area contributed by atoms with E-state index in [1.807, 2.05) is 6.07 Å². The van der Waals surface area contributed by atoms with Crippen molar-refractivity contribution in [3.63, 3.8) is 0 Å². The molecule has 1 aliphatic rings. The van der Waals surface area contributed by atoms with E-state index in [4.69, 9.17) is 18.0 Å². The first kappa shape index (κ1) is 32.4. The molecule has 1 aliphatic heterocycles. The van der Waals surface area contributed by atoms with Crippen LogP contribution >= 0.6 is 11.6 Å². The van der Waals surface area contributed by atoms with Gasteiger partial charge in [0.1, 0.15) is 12.1 Å². The van der Waals surface area contributed by atoms with E-state index >= 15 is 0 Å². The lowest BCUT2D eigenvalue weighted by atomic mass is 9.80. The number of hydrogen-bond donors (Lipinski definition) is 2. The highest BCUT2D eigenvalue weighted by Crippen LogP contribution is 2.40. The van der Waals surface area contributed by atoms with Gasteiger partial charge in [0.05, 0.1) is 23.2 Å². The quantitative estimate of drug-likeness (QED) is 0.518. The number of fused-ring (bicyclic) bond motifs is 1. The van der Waals surface area contributed by atoms with Crippen LogP contribution in [0.2, 0.25) is 5.02 Å². The van der Waals surface area contributed by atoms with Gasteiger partial charge >= 0.3 is 12.1 Å². The lowest BCUT2D eigenvalue weighted by molar-refractivity contribution is -0.174. The van der Waals surface area contributed by atoms with Crippen LogP contribution < -0.4 is 10.6 Å². The smallest absolute Gasteiger partial charge is 0.339 e. The first-order valence-corrected chi connectivity index (χ1v) is 12.8. The fraction of sp³-hybridized carbons (Fsp3) is 0.519. The number of nitriles is 1. The summed E-state index contributed by atoms with van der Waals surface area (Å²) < 4.78 is 38.9. The molecule has 0 spiro atoms. The van der Waals surface area contributed by atoms with Crippen molar-refractivity contribution in [3.05, 3.63) is 29.2 Å². The van der Waals surface area contributed by atoms with Gasteiger partial charge in [0.2, 0.25) is 11.8 Å². The molecular formula is C27H32ClF3N6O3. The van der Waals surface area contributed by atoms with Gasteiger partial charge in [0.25, 0.3) is 0 Å². The van der Waals surface area contributed by atoms with E-state index in [2.05, 4.69) is 37.1 Å². The molecular weight excluding hydrogens is 549 g/mol. The SMILES string of the molecule is C#Cn1cc(Cl)c2cncc(C(C#N)NC(=O)[C@@H]3[C@H](C)C(C)(C)CN3C(=O)CNC(=O)C(F)(F)F)c21.CC(C)C. The summed E-state index contributed by atoms with van der Waals surface area (Å²) >= 11 is 6.20. The van der Waals surface area contributed by atoms with Crippen molar-refractivity contribution in [3.8, 4) is 18.5 Å². The van der Waals surface area contributed by atoms with E-state index in [-0.39, 0.29) is 12.1 Å². The first-order valence-electron chi connectivity index (χ1n) is 12.4. The minimum absolute atomic E-state index is 0.0525. The highest BCUT2D eigenvalue weighted by Gasteiger charge is 2.50. The number of hydrogen-bond acceptors (Lipinski definition) is 5. The van der Waals surface area contributed by atoms with Gasteiger partial charge in [-0.15, -0.1) is 0 Å². The fourth-order valence-electron chi connectivity index (χ4n) is 4.23. The second-order valence-electron chi connectivity index (χ2n) is 10.8. The Bertz CT molecular complexity index is 1350. The van der Waals surface area contributed by atoms with Crippen molar-refractivity contribution < 1.29 is 27.6 Å². The van der Waals surface area contributed by atoms with Gasteiger partial charge in [-0.2, -0.15) is 18.4 Å². The Morgan fingerprint density at radius 2 is 1.88 bits per heavy atom. The Morgan fingerprint density at radius 3 is 2.40 bits per heavy atom. The Balaban J connectivity index is 0.00000131. The zero-order valence-corrected chi connectivity index (χ0v) is 23.8. The second-order valence-corrected chi connectivity index (χ2v) is 11.2. The highest BCUT2D eigenvalue weighted by atomic mass is 35.5. The molecule has 0 radical (unpaired) electrons. The van der Waals surface area contributed by atoms with Crippen molar-refractivity contribution in [1.82, 2.24) is 25.1 Å². The maximum absolute atomic E-state index is 13.4. The van der Waals surface area contributed by atoms with Crippen LogP contribution in [0.4, 0.5) is 13.2 Å². The second kappa shape index (κ2) is 12.6. The number of carbonyl (C=O) groups excluding carboxylic acids is 3. The van der Waals surface area contributed by atoms with E-state index in [0.29, 0.717) is 15.9 Å². The molecule has 3 atom stereocenters. The van der Waals surface area contributed by atoms with Crippen LogP contribution in [-0.4, -0.2) is 57.5 Å². The minimum Gasteiger partial charge on any atom is -0.339 e. The third-order valence-corrected chi connectivity index (χ3v) is 6.72.